The smallest absolute Gasteiger partial charge is 0.255 e. The maximum Gasteiger partial charge on any atom is 0.255 e. The van der Waals surface area contributed by atoms with Gasteiger partial charge in [-0.2, -0.15) is 0 Å². The van der Waals surface area contributed by atoms with Crippen molar-refractivity contribution in [3.63, 3.8) is 0 Å². The molecular formula is C26H32N2O5. The van der Waals surface area contributed by atoms with Crippen LogP contribution in [-0.2, 0) is 11.3 Å². The Morgan fingerprint density at radius 1 is 0.970 bits per heavy atom. The molecule has 1 aliphatic heterocycles. The first-order valence-electron chi connectivity index (χ1n) is 12.2. The van der Waals surface area contributed by atoms with Crippen LogP contribution in [0, 0.1) is 0 Å². The normalized spacial score (nSPS) is 19.8. The van der Waals surface area contributed by atoms with Crippen molar-refractivity contribution in [3.05, 3.63) is 47.9 Å². The van der Waals surface area contributed by atoms with Crippen LogP contribution in [0.4, 0.5) is 0 Å². The summed E-state index contributed by atoms with van der Waals surface area (Å²) in [6.45, 7) is 0.398. The lowest BCUT2D eigenvalue weighted by atomic mass is 9.78. The van der Waals surface area contributed by atoms with Gasteiger partial charge in [0.25, 0.3) is 5.91 Å². The van der Waals surface area contributed by atoms with Crippen molar-refractivity contribution in [1.82, 2.24) is 10.2 Å². The fourth-order valence-electron chi connectivity index (χ4n) is 5.48. The van der Waals surface area contributed by atoms with Gasteiger partial charge in [-0.25, -0.2) is 0 Å². The topological polar surface area (TPSA) is 81.0 Å². The predicted molar refractivity (Wildman–Crippen MR) is 122 cm³/mol. The third-order valence-corrected chi connectivity index (χ3v) is 7.32. The summed E-state index contributed by atoms with van der Waals surface area (Å²) in [5.74, 6) is 1.65. The number of ether oxygens (including phenoxy) is 2. The van der Waals surface area contributed by atoms with Crippen LogP contribution in [0.2, 0.25) is 0 Å². The minimum Gasteiger partial charge on any atom is -0.467 e. The first kappa shape index (κ1) is 21.9. The second-order valence-electron chi connectivity index (χ2n) is 9.44. The lowest BCUT2D eigenvalue weighted by Crippen LogP contribution is -2.62. The predicted octanol–water partition coefficient (Wildman–Crippen LogP) is 4.80. The van der Waals surface area contributed by atoms with Crippen molar-refractivity contribution in [2.24, 2.45) is 0 Å². The van der Waals surface area contributed by atoms with Gasteiger partial charge in [0.1, 0.15) is 11.3 Å². The molecule has 2 heterocycles. The van der Waals surface area contributed by atoms with Crippen molar-refractivity contribution >= 4 is 11.8 Å². The standard InChI is InChI=1S/C26H32N2O5/c29-24(19-11-12-22-23(16-19)33-18-32-22)28(17-21-10-7-15-31-21)26(13-5-2-6-14-26)25(30)27-20-8-3-1-4-9-20/h7,10-12,15-16,20H,1-6,8-9,13-14,17-18H2,(H,27,30). The Morgan fingerprint density at radius 2 is 1.73 bits per heavy atom. The minimum absolute atomic E-state index is 0.0188. The van der Waals surface area contributed by atoms with E-state index in [1.807, 2.05) is 12.1 Å². The first-order chi connectivity index (χ1) is 16.2. The molecule has 1 aromatic heterocycles. The zero-order valence-corrected chi connectivity index (χ0v) is 19.0. The molecule has 2 aliphatic carbocycles. The van der Waals surface area contributed by atoms with Gasteiger partial charge in [-0.05, 0) is 56.0 Å². The molecule has 1 aromatic carbocycles. The highest BCUT2D eigenvalue weighted by molar-refractivity contribution is 6.00. The van der Waals surface area contributed by atoms with Gasteiger partial charge in [0.05, 0.1) is 12.8 Å². The van der Waals surface area contributed by atoms with E-state index < -0.39 is 5.54 Å². The van der Waals surface area contributed by atoms with Gasteiger partial charge >= 0.3 is 0 Å². The van der Waals surface area contributed by atoms with Gasteiger partial charge < -0.3 is 24.1 Å². The van der Waals surface area contributed by atoms with Crippen LogP contribution in [0.1, 0.15) is 80.3 Å². The third kappa shape index (κ3) is 4.45. The molecule has 0 saturated heterocycles. The van der Waals surface area contributed by atoms with Crippen LogP contribution < -0.4 is 14.8 Å². The number of nitrogens with one attached hydrogen (secondary N) is 1. The molecule has 0 spiro atoms. The van der Waals surface area contributed by atoms with Crippen LogP contribution in [0.25, 0.3) is 0 Å². The summed E-state index contributed by atoms with van der Waals surface area (Å²) in [7, 11) is 0. The molecule has 7 heteroatoms. The largest absolute Gasteiger partial charge is 0.467 e. The monoisotopic (exact) mass is 452 g/mol. The lowest BCUT2D eigenvalue weighted by Gasteiger charge is -2.45. The summed E-state index contributed by atoms with van der Waals surface area (Å²) in [5, 5.41) is 3.33. The molecule has 0 unspecified atom stereocenters. The first-order valence-corrected chi connectivity index (χ1v) is 12.2. The SMILES string of the molecule is O=C(c1ccc2c(c1)OCO2)N(Cc1ccco1)C1(C(=O)NC2CCCCC2)CCCCC1. The average Bonchev–Trinajstić information content (AvgIpc) is 3.54. The number of amides is 2. The Morgan fingerprint density at radius 3 is 2.48 bits per heavy atom. The fourth-order valence-corrected chi connectivity index (χ4v) is 5.48. The highest BCUT2D eigenvalue weighted by Crippen LogP contribution is 2.38. The summed E-state index contributed by atoms with van der Waals surface area (Å²) >= 11 is 0. The molecule has 33 heavy (non-hydrogen) atoms. The highest BCUT2D eigenvalue weighted by atomic mass is 16.7. The Labute approximate surface area is 194 Å². The maximum absolute atomic E-state index is 14.0. The molecule has 1 N–H and O–H groups in total. The molecular weight excluding hydrogens is 420 g/mol. The van der Waals surface area contributed by atoms with Gasteiger partial charge in [-0.1, -0.05) is 38.5 Å². The van der Waals surface area contributed by atoms with Crippen LogP contribution in [-0.4, -0.2) is 35.1 Å². The second kappa shape index (κ2) is 9.49. The molecule has 2 aromatic rings. The fraction of sp³-hybridized carbons (Fsp3) is 0.538. The lowest BCUT2D eigenvalue weighted by molar-refractivity contribution is -0.136. The number of furan rings is 1. The van der Waals surface area contributed by atoms with E-state index in [1.54, 1.807) is 29.4 Å². The van der Waals surface area contributed by atoms with E-state index in [2.05, 4.69) is 5.32 Å². The number of fused-ring (bicyclic) bond motifs is 1. The van der Waals surface area contributed by atoms with Gasteiger partial charge in [-0.3, -0.25) is 9.59 Å². The zero-order valence-electron chi connectivity index (χ0n) is 19.0. The number of benzene rings is 1. The van der Waals surface area contributed by atoms with Gasteiger partial charge in [0, 0.05) is 11.6 Å². The third-order valence-electron chi connectivity index (χ3n) is 7.32. The van der Waals surface area contributed by atoms with Crippen LogP contribution in [0.5, 0.6) is 11.5 Å². The quantitative estimate of drug-likeness (QED) is 0.681. The molecule has 0 bridgehead atoms. The summed E-state index contributed by atoms with van der Waals surface area (Å²) in [6, 6.07) is 9.09. The number of nitrogens with zero attached hydrogens (tertiary/aromatic N) is 1. The summed E-state index contributed by atoms with van der Waals surface area (Å²) in [4.78, 5) is 29.6. The van der Waals surface area contributed by atoms with E-state index in [9.17, 15) is 9.59 Å². The summed E-state index contributed by atoms with van der Waals surface area (Å²) in [5.41, 5.74) is -0.406. The minimum atomic E-state index is -0.893. The van der Waals surface area contributed by atoms with E-state index in [4.69, 9.17) is 13.9 Å². The molecule has 0 atom stereocenters. The number of hydrogen-bond donors (Lipinski definition) is 1. The number of carbonyl (C=O) groups excluding carboxylic acids is 2. The van der Waals surface area contributed by atoms with Crippen molar-refractivity contribution in [2.45, 2.75) is 82.3 Å². The molecule has 5 rings (SSSR count). The van der Waals surface area contributed by atoms with E-state index in [1.165, 1.54) is 6.42 Å². The molecule has 0 radical (unpaired) electrons. The number of rotatable bonds is 6. The van der Waals surface area contributed by atoms with Crippen molar-refractivity contribution in [2.75, 3.05) is 6.79 Å². The number of carbonyl (C=O) groups is 2. The van der Waals surface area contributed by atoms with E-state index in [0.717, 1.165) is 44.9 Å². The van der Waals surface area contributed by atoms with Crippen LogP contribution >= 0.6 is 0 Å². The van der Waals surface area contributed by atoms with E-state index >= 15 is 0 Å². The van der Waals surface area contributed by atoms with Crippen molar-refractivity contribution in [1.29, 1.82) is 0 Å². The summed E-state index contributed by atoms with van der Waals surface area (Å²) < 4.78 is 16.5. The van der Waals surface area contributed by atoms with Gasteiger partial charge in [0.2, 0.25) is 12.7 Å². The average molecular weight is 453 g/mol. The van der Waals surface area contributed by atoms with Crippen molar-refractivity contribution < 1.29 is 23.5 Å². The Hall–Kier alpha value is -2.96. The van der Waals surface area contributed by atoms with E-state index in [0.29, 0.717) is 35.7 Å². The second-order valence-corrected chi connectivity index (χ2v) is 9.44. The maximum atomic E-state index is 14.0. The van der Waals surface area contributed by atoms with Gasteiger partial charge in [-0.15, -0.1) is 0 Å². The van der Waals surface area contributed by atoms with Crippen LogP contribution in [0.3, 0.4) is 0 Å². The molecule has 7 nitrogen and oxygen atoms in total. The molecule has 2 saturated carbocycles. The van der Waals surface area contributed by atoms with Crippen molar-refractivity contribution in [3.8, 4) is 11.5 Å². The number of hydrogen-bond acceptors (Lipinski definition) is 5. The molecule has 2 amide bonds. The Balaban J connectivity index is 1.49. The van der Waals surface area contributed by atoms with Gasteiger partial charge in [0.15, 0.2) is 11.5 Å². The molecule has 3 aliphatic rings. The van der Waals surface area contributed by atoms with Crippen LogP contribution in [0.15, 0.2) is 41.0 Å². The molecule has 176 valence electrons. The highest BCUT2D eigenvalue weighted by Gasteiger charge is 2.48. The zero-order chi connectivity index (χ0) is 22.7. The Bertz CT molecular complexity index is 975. The van der Waals surface area contributed by atoms with E-state index in [-0.39, 0.29) is 31.2 Å². The Kier molecular flexibility index (Phi) is 6.29. The summed E-state index contributed by atoms with van der Waals surface area (Å²) in [6.07, 6.45) is 11.4. The molecule has 2 fully saturated rings.